The van der Waals surface area contributed by atoms with Crippen LogP contribution in [0.3, 0.4) is 0 Å². The molecular weight excluding hydrogens is 322 g/mol. The summed E-state index contributed by atoms with van der Waals surface area (Å²) in [6.45, 7) is 1.90. The monoisotopic (exact) mass is 340 g/mol. The van der Waals surface area contributed by atoms with E-state index in [0.717, 1.165) is 11.8 Å². The molecule has 0 amide bonds. The molecule has 0 aliphatic heterocycles. The van der Waals surface area contributed by atoms with E-state index in [1.54, 1.807) is 36.4 Å². The zero-order valence-electron chi connectivity index (χ0n) is 12.8. The third-order valence-electron chi connectivity index (χ3n) is 3.24. The molecule has 23 heavy (non-hydrogen) atoms. The molecule has 1 unspecified atom stereocenters. The van der Waals surface area contributed by atoms with E-state index in [2.05, 4.69) is 10.0 Å². The smallest absolute Gasteiger partial charge is 0.263 e. The van der Waals surface area contributed by atoms with Gasteiger partial charge < -0.3 is 5.32 Å². The van der Waals surface area contributed by atoms with Gasteiger partial charge in [-0.25, -0.2) is 17.2 Å². The molecule has 2 aromatic carbocycles. The zero-order chi connectivity index (χ0) is 17.0. The standard InChI is InChI=1S/C16H18F2N2O2S/c1-11(19-15-5-3-4-13(10-15)16(17)18)12-6-8-14(9-7-12)20-23(2,21)22/h3-11,16,19-20H,1-2H3. The van der Waals surface area contributed by atoms with Gasteiger partial charge in [-0.2, -0.15) is 0 Å². The van der Waals surface area contributed by atoms with Gasteiger partial charge in [-0.3, -0.25) is 4.72 Å². The summed E-state index contributed by atoms with van der Waals surface area (Å²) >= 11 is 0. The van der Waals surface area contributed by atoms with Gasteiger partial charge in [0.1, 0.15) is 0 Å². The van der Waals surface area contributed by atoms with Gasteiger partial charge in [0.25, 0.3) is 6.43 Å². The Morgan fingerprint density at radius 2 is 1.61 bits per heavy atom. The molecule has 0 aliphatic carbocycles. The van der Waals surface area contributed by atoms with Crippen LogP contribution in [0.25, 0.3) is 0 Å². The molecule has 0 aliphatic rings. The molecule has 2 rings (SSSR count). The van der Waals surface area contributed by atoms with E-state index in [0.29, 0.717) is 11.4 Å². The highest BCUT2D eigenvalue weighted by Gasteiger charge is 2.10. The van der Waals surface area contributed by atoms with Gasteiger partial charge in [-0.1, -0.05) is 24.3 Å². The minimum atomic E-state index is -3.31. The molecule has 0 saturated heterocycles. The molecule has 7 heteroatoms. The predicted octanol–water partition coefficient (Wildman–Crippen LogP) is 4.17. The summed E-state index contributed by atoms with van der Waals surface area (Å²) in [5, 5.41) is 3.15. The summed E-state index contributed by atoms with van der Waals surface area (Å²) in [7, 11) is -3.31. The van der Waals surface area contributed by atoms with Crippen LogP contribution in [0, 0.1) is 0 Å². The number of benzene rings is 2. The van der Waals surface area contributed by atoms with Crippen molar-refractivity contribution in [3.8, 4) is 0 Å². The largest absolute Gasteiger partial charge is 0.379 e. The van der Waals surface area contributed by atoms with Crippen LogP contribution in [-0.4, -0.2) is 14.7 Å². The number of hydrogen-bond acceptors (Lipinski definition) is 3. The Morgan fingerprint density at radius 1 is 0.957 bits per heavy atom. The number of rotatable bonds is 6. The third-order valence-corrected chi connectivity index (χ3v) is 3.84. The minimum Gasteiger partial charge on any atom is -0.379 e. The van der Waals surface area contributed by atoms with Gasteiger partial charge >= 0.3 is 0 Å². The fourth-order valence-electron chi connectivity index (χ4n) is 2.15. The summed E-state index contributed by atoms with van der Waals surface area (Å²) < 4.78 is 50.1. The maximum atomic E-state index is 12.7. The molecule has 0 saturated carbocycles. The normalized spacial score (nSPS) is 12.9. The molecular formula is C16H18F2N2O2S. The first-order valence-electron chi connectivity index (χ1n) is 6.97. The molecule has 0 heterocycles. The Balaban J connectivity index is 2.08. The molecule has 4 nitrogen and oxygen atoms in total. The van der Waals surface area contributed by atoms with Gasteiger partial charge in [-0.15, -0.1) is 0 Å². The first-order chi connectivity index (χ1) is 10.7. The molecule has 0 aromatic heterocycles. The van der Waals surface area contributed by atoms with Gasteiger partial charge in [-0.05, 0) is 36.8 Å². The van der Waals surface area contributed by atoms with Gasteiger partial charge in [0.15, 0.2) is 0 Å². The molecule has 0 bridgehead atoms. The first kappa shape index (κ1) is 17.2. The second-order valence-electron chi connectivity index (χ2n) is 5.29. The van der Waals surface area contributed by atoms with Crippen LogP contribution in [0.5, 0.6) is 0 Å². The fraction of sp³-hybridized carbons (Fsp3) is 0.250. The second kappa shape index (κ2) is 6.95. The van der Waals surface area contributed by atoms with Crippen LogP contribution < -0.4 is 10.0 Å². The van der Waals surface area contributed by atoms with Crippen molar-refractivity contribution in [3.05, 3.63) is 59.7 Å². The topological polar surface area (TPSA) is 58.2 Å². The van der Waals surface area contributed by atoms with Crippen molar-refractivity contribution in [2.75, 3.05) is 16.3 Å². The van der Waals surface area contributed by atoms with E-state index in [-0.39, 0.29) is 11.6 Å². The maximum Gasteiger partial charge on any atom is 0.263 e. The van der Waals surface area contributed by atoms with Crippen molar-refractivity contribution in [1.82, 2.24) is 0 Å². The third kappa shape index (κ3) is 5.21. The Morgan fingerprint density at radius 3 is 2.17 bits per heavy atom. The van der Waals surface area contributed by atoms with Gasteiger partial charge in [0.2, 0.25) is 10.0 Å². The quantitative estimate of drug-likeness (QED) is 0.830. The van der Waals surface area contributed by atoms with E-state index in [9.17, 15) is 17.2 Å². The van der Waals surface area contributed by atoms with Crippen LogP contribution >= 0.6 is 0 Å². The van der Waals surface area contributed by atoms with Crippen molar-refractivity contribution >= 4 is 21.4 Å². The average Bonchev–Trinajstić information content (AvgIpc) is 2.46. The number of anilines is 2. The highest BCUT2D eigenvalue weighted by atomic mass is 32.2. The van der Waals surface area contributed by atoms with Crippen LogP contribution in [0.2, 0.25) is 0 Å². The predicted molar refractivity (Wildman–Crippen MR) is 88.3 cm³/mol. The Hall–Kier alpha value is -2.15. The summed E-state index contributed by atoms with van der Waals surface area (Å²) in [4.78, 5) is 0. The molecule has 0 spiro atoms. The Bertz CT molecular complexity index is 762. The molecule has 0 fully saturated rings. The van der Waals surface area contributed by atoms with E-state index >= 15 is 0 Å². The number of halogens is 2. The summed E-state index contributed by atoms with van der Waals surface area (Å²) in [5.74, 6) is 0. The number of alkyl halides is 2. The van der Waals surface area contributed by atoms with Crippen LogP contribution in [-0.2, 0) is 10.0 Å². The average molecular weight is 340 g/mol. The number of hydrogen-bond donors (Lipinski definition) is 2. The van der Waals surface area contributed by atoms with Crippen LogP contribution in [0.1, 0.15) is 30.5 Å². The maximum absolute atomic E-state index is 12.7. The molecule has 1 atom stereocenters. The molecule has 0 radical (unpaired) electrons. The number of nitrogens with one attached hydrogen (secondary N) is 2. The summed E-state index contributed by atoms with van der Waals surface area (Å²) in [6.07, 6.45) is -1.42. The highest BCUT2D eigenvalue weighted by molar-refractivity contribution is 7.92. The Labute approximate surface area is 134 Å². The summed E-state index contributed by atoms with van der Waals surface area (Å²) in [5.41, 5.74) is 1.96. The molecule has 124 valence electrons. The minimum absolute atomic E-state index is 0.0325. The molecule has 2 N–H and O–H groups in total. The van der Waals surface area contributed by atoms with Crippen LogP contribution in [0.4, 0.5) is 20.2 Å². The lowest BCUT2D eigenvalue weighted by atomic mass is 10.1. The van der Waals surface area contributed by atoms with Crippen LogP contribution in [0.15, 0.2) is 48.5 Å². The van der Waals surface area contributed by atoms with E-state index in [1.807, 2.05) is 6.92 Å². The van der Waals surface area contributed by atoms with Crippen molar-refractivity contribution in [3.63, 3.8) is 0 Å². The molecule has 2 aromatic rings. The van der Waals surface area contributed by atoms with E-state index < -0.39 is 16.4 Å². The number of sulfonamides is 1. The van der Waals surface area contributed by atoms with Crippen molar-refractivity contribution in [1.29, 1.82) is 0 Å². The van der Waals surface area contributed by atoms with Crippen molar-refractivity contribution in [2.24, 2.45) is 0 Å². The summed E-state index contributed by atoms with van der Waals surface area (Å²) in [6, 6.07) is 12.9. The lowest BCUT2D eigenvalue weighted by Crippen LogP contribution is -2.10. The SMILES string of the molecule is CC(Nc1cccc(C(F)F)c1)c1ccc(NS(C)(=O)=O)cc1. The zero-order valence-corrected chi connectivity index (χ0v) is 13.6. The fourth-order valence-corrected chi connectivity index (χ4v) is 2.72. The first-order valence-corrected chi connectivity index (χ1v) is 8.86. The lowest BCUT2D eigenvalue weighted by molar-refractivity contribution is 0.151. The van der Waals surface area contributed by atoms with Gasteiger partial charge in [0.05, 0.1) is 6.26 Å². The Kier molecular flexibility index (Phi) is 5.20. The van der Waals surface area contributed by atoms with Crippen molar-refractivity contribution < 1.29 is 17.2 Å². The second-order valence-corrected chi connectivity index (χ2v) is 7.04. The van der Waals surface area contributed by atoms with Crippen molar-refractivity contribution in [2.45, 2.75) is 19.4 Å². The van der Waals surface area contributed by atoms with E-state index in [1.165, 1.54) is 12.1 Å². The highest BCUT2D eigenvalue weighted by Crippen LogP contribution is 2.25. The lowest BCUT2D eigenvalue weighted by Gasteiger charge is -2.17. The van der Waals surface area contributed by atoms with E-state index in [4.69, 9.17) is 0 Å². The van der Waals surface area contributed by atoms with Gasteiger partial charge in [0, 0.05) is 23.0 Å².